The van der Waals surface area contributed by atoms with E-state index < -0.39 is 24.7 Å². The van der Waals surface area contributed by atoms with E-state index in [0.29, 0.717) is 19.8 Å². The zero-order chi connectivity index (χ0) is 17.1. The van der Waals surface area contributed by atoms with Gasteiger partial charge in [-0.05, 0) is 11.1 Å². The second kappa shape index (κ2) is 7.62. The third-order valence-electron chi connectivity index (χ3n) is 4.57. The molecule has 4 rings (SSSR count). The van der Waals surface area contributed by atoms with E-state index in [2.05, 4.69) is 0 Å². The summed E-state index contributed by atoms with van der Waals surface area (Å²) in [6.07, 6.45) is -3.83. The fourth-order valence-electron chi connectivity index (χ4n) is 3.23. The average Bonchev–Trinajstić information content (AvgIpc) is 3.09. The molecule has 2 heterocycles. The number of rotatable bonds is 6. The van der Waals surface area contributed by atoms with Gasteiger partial charge in [0.1, 0.15) is 18.3 Å². The summed E-state index contributed by atoms with van der Waals surface area (Å²) in [6, 6.07) is 19.4. The predicted molar refractivity (Wildman–Crippen MR) is 89.5 cm³/mol. The predicted octanol–water partition coefficient (Wildman–Crippen LogP) is 3.25. The molecule has 2 aromatic carbocycles. The molecule has 2 aliphatic heterocycles. The molecular weight excluding hydrogens is 323 g/mol. The maximum absolute atomic E-state index is 15.0. The first-order valence-corrected chi connectivity index (χ1v) is 8.53. The molecule has 5 atom stereocenters. The van der Waals surface area contributed by atoms with Crippen molar-refractivity contribution in [1.29, 1.82) is 0 Å². The number of fused-ring (bicyclic) bond motifs is 2. The maximum Gasteiger partial charge on any atom is 0.187 e. The minimum atomic E-state index is -1.29. The minimum Gasteiger partial charge on any atom is -0.368 e. The van der Waals surface area contributed by atoms with Crippen LogP contribution >= 0.6 is 0 Å². The van der Waals surface area contributed by atoms with Gasteiger partial charge in [-0.3, -0.25) is 0 Å². The summed E-state index contributed by atoms with van der Waals surface area (Å²) in [5.74, 6) is 0. The van der Waals surface area contributed by atoms with Crippen molar-refractivity contribution in [1.82, 2.24) is 0 Å². The Balaban J connectivity index is 1.40. The van der Waals surface area contributed by atoms with E-state index in [1.165, 1.54) is 0 Å². The van der Waals surface area contributed by atoms with Crippen molar-refractivity contribution in [3.63, 3.8) is 0 Å². The number of halogens is 1. The Morgan fingerprint density at radius 3 is 2.00 bits per heavy atom. The van der Waals surface area contributed by atoms with Crippen molar-refractivity contribution in [2.24, 2.45) is 0 Å². The van der Waals surface area contributed by atoms with Crippen molar-refractivity contribution in [3.8, 4) is 0 Å². The molecule has 2 aromatic rings. The molecule has 0 aliphatic carbocycles. The lowest BCUT2D eigenvalue weighted by Crippen LogP contribution is -2.53. The topological polar surface area (TPSA) is 36.9 Å². The molecule has 2 aliphatic rings. The van der Waals surface area contributed by atoms with Crippen LogP contribution in [0.15, 0.2) is 60.7 Å². The van der Waals surface area contributed by atoms with Gasteiger partial charge in [-0.15, -0.1) is 0 Å². The first-order chi connectivity index (χ1) is 12.3. The van der Waals surface area contributed by atoms with E-state index in [9.17, 15) is 0 Å². The van der Waals surface area contributed by atoms with Gasteiger partial charge in [0.15, 0.2) is 12.5 Å². The maximum atomic E-state index is 15.0. The Labute approximate surface area is 146 Å². The Kier molecular flexibility index (Phi) is 5.08. The molecule has 2 saturated heterocycles. The van der Waals surface area contributed by atoms with E-state index in [1.807, 2.05) is 60.7 Å². The van der Waals surface area contributed by atoms with Crippen molar-refractivity contribution < 1.29 is 23.3 Å². The lowest BCUT2D eigenvalue weighted by atomic mass is 10.0. The molecule has 0 amide bonds. The fourth-order valence-corrected chi connectivity index (χ4v) is 3.23. The highest BCUT2D eigenvalue weighted by Gasteiger charge is 2.52. The second-order valence-electron chi connectivity index (χ2n) is 6.34. The molecular formula is C20H21FO4. The van der Waals surface area contributed by atoms with Crippen LogP contribution in [0.4, 0.5) is 4.39 Å². The van der Waals surface area contributed by atoms with E-state index in [4.69, 9.17) is 18.9 Å². The highest BCUT2D eigenvalue weighted by atomic mass is 19.1. The molecule has 0 spiro atoms. The summed E-state index contributed by atoms with van der Waals surface area (Å²) in [6.45, 7) is 0.975. The Hall–Kier alpha value is -1.79. The van der Waals surface area contributed by atoms with Crippen LogP contribution in [-0.4, -0.2) is 37.4 Å². The largest absolute Gasteiger partial charge is 0.368 e. The third kappa shape index (κ3) is 3.75. The van der Waals surface area contributed by atoms with Gasteiger partial charge in [-0.2, -0.15) is 0 Å². The molecule has 0 aromatic heterocycles. The van der Waals surface area contributed by atoms with Crippen LogP contribution in [0.2, 0.25) is 0 Å². The van der Waals surface area contributed by atoms with Crippen LogP contribution in [-0.2, 0) is 32.2 Å². The number of hydrogen-bond acceptors (Lipinski definition) is 4. The summed E-state index contributed by atoms with van der Waals surface area (Å²) in [4.78, 5) is 0. The second-order valence-corrected chi connectivity index (χ2v) is 6.34. The Morgan fingerprint density at radius 1 is 0.840 bits per heavy atom. The van der Waals surface area contributed by atoms with Crippen molar-refractivity contribution in [2.45, 2.75) is 44.0 Å². The van der Waals surface area contributed by atoms with Gasteiger partial charge in [0, 0.05) is 0 Å². The number of alkyl halides is 1. The van der Waals surface area contributed by atoms with Gasteiger partial charge in [-0.25, -0.2) is 4.39 Å². The molecule has 0 radical (unpaired) electrons. The smallest absolute Gasteiger partial charge is 0.187 e. The van der Waals surface area contributed by atoms with E-state index in [-0.39, 0.29) is 6.10 Å². The van der Waals surface area contributed by atoms with Gasteiger partial charge in [0.05, 0.1) is 19.8 Å². The van der Waals surface area contributed by atoms with Gasteiger partial charge in [0.2, 0.25) is 0 Å². The summed E-state index contributed by atoms with van der Waals surface area (Å²) < 4.78 is 38.0. The minimum absolute atomic E-state index is 0.311. The highest BCUT2D eigenvalue weighted by Crippen LogP contribution is 2.34. The number of ether oxygens (including phenoxy) is 4. The first-order valence-electron chi connectivity index (χ1n) is 8.53. The fraction of sp³-hybridized carbons (Fsp3) is 0.400. The zero-order valence-corrected chi connectivity index (χ0v) is 13.8. The molecule has 0 saturated carbocycles. The Bertz CT molecular complexity index is 608. The van der Waals surface area contributed by atoms with E-state index in [0.717, 1.165) is 11.1 Å². The van der Waals surface area contributed by atoms with Crippen molar-refractivity contribution in [3.05, 3.63) is 71.8 Å². The van der Waals surface area contributed by atoms with Crippen LogP contribution in [0.3, 0.4) is 0 Å². The molecule has 4 nitrogen and oxygen atoms in total. The first kappa shape index (κ1) is 16.7. The van der Waals surface area contributed by atoms with Gasteiger partial charge >= 0.3 is 0 Å². The summed E-state index contributed by atoms with van der Waals surface area (Å²) in [5, 5.41) is 0. The van der Waals surface area contributed by atoms with Crippen molar-refractivity contribution in [2.75, 3.05) is 6.61 Å². The van der Waals surface area contributed by atoms with Gasteiger partial charge < -0.3 is 18.9 Å². The number of benzene rings is 2. The lowest BCUT2D eigenvalue weighted by Gasteiger charge is -2.36. The Morgan fingerprint density at radius 2 is 1.40 bits per heavy atom. The molecule has 5 heteroatoms. The monoisotopic (exact) mass is 344 g/mol. The van der Waals surface area contributed by atoms with Crippen LogP contribution in [0, 0.1) is 0 Å². The van der Waals surface area contributed by atoms with Crippen LogP contribution in [0.5, 0.6) is 0 Å². The molecule has 2 bridgehead atoms. The third-order valence-corrected chi connectivity index (χ3v) is 4.57. The average molecular weight is 344 g/mol. The summed E-state index contributed by atoms with van der Waals surface area (Å²) >= 11 is 0. The van der Waals surface area contributed by atoms with Gasteiger partial charge in [-0.1, -0.05) is 60.7 Å². The highest BCUT2D eigenvalue weighted by molar-refractivity contribution is 5.14. The molecule has 0 N–H and O–H groups in total. The number of hydrogen-bond donors (Lipinski definition) is 0. The standard InChI is InChI=1S/C20H21FO4/c21-17-18(22-11-14-7-3-1-4-8-14)16-13-24-20(25-16)19(17)23-12-15-9-5-2-6-10-15/h1-10,16-20H,11-13H2/t16-,17+,18-,19-,20-/m1/s1. The zero-order valence-electron chi connectivity index (χ0n) is 13.8. The van der Waals surface area contributed by atoms with Crippen LogP contribution in [0.25, 0.3) is 0 Å². The van der Waals surface area contributed by atoms with Crippen LogP contribution < -0.4 is 0 Å². The van der Waals surface area contributed by atoms with E-state index >= 15 is 4.39 Å². The molecule has 132 valence electrons. The van der Waals surface area contributed by atoms with E-state index in [1.54, 1.807) is 0 Å². The normalized spacial score (nSPS) is 31.2. The molecule has 25 heavy (non-hydrogen) atoms. The molecule has 0 unspecified atom stereocenters. The quantitative estimate of drug-likeness (QED) is 0.806. The van der Waals surface area contributed by atoms with Gasteiger partial charge in [0.25, 0.3) is 0 Å². The summed E-state index contributed by atoms with van der Waals surface area (Å²) in [7, 11) is 0. The SMILES string of the molecule is F[C@@H]1[C@@H](OCc2ccccc2)[C@@H]2OC[C@@H](O2)[C@H]1OCc1ccccc1. The van der Waals surface area contributed by atoms with Crippen LogP contribution in [0.1, 0.15) is 11.1 Å². The lowest BCUT2D eigenvalue weighted by molar-refractivity contribution is -0.240. The van der Waals surface area contributed by atoms with Crippen molar-refractivity contribution >= 4 is 0 Å². The molecule has 2 fully saturated rings. The summed E-state index contributed by atoms with van der Waals surface area (Å²) in [5.41, 5.74) is 1.98.